The maximum absolute atomic E-state index is 12.9. The summed E-state index contributed by atoms with van der Waals surface area (Å²) in [6.07, 6.45) is 5.06. The molecule has 0 saturated carbocycles. The lowest BCUT2D eigenvalue weighted by atomic mass is 10.1. The van der Waals surface area contributed by atoms with Crippen molar-refractivity contribution >= 4 is 40.0 Å². The van der Waals surface area contributed by atoms with Gasteiger partial charge in [0.15, 0.2) is 11.0 Å². The van der Waals surface area contributed by atoms with Gasteiger partial charge in [-0.3, -0.25) is 4.79 Å². The van der Waals surface area contributed by atoms with Crippen LogP contribution in [0.3, 0.4) is 0 Å². The quantitative estimate of drug-likeness (QED) is 0.227. The number of hydrogen-bond donors (Lipinski definition) is 1. The van der Waals surface area contributed by atoms with Crippen LogP contribution in [0.15, 0.2) is 23.4 Å². The van der Waals surface area contributed by atoms with E-state index >= 15 is 0 Å². The summed E-state index contributed by atoms with van der Waals surface area (Å²) in [7, 11) is 1.38. The smallest absolute Gasteiger partial charge is 0.341 e. The number of benzene rings is 1. The molecule has 1 N–H and O–H groups in total. The molecule has 0 fully saturated rings. The molecule has 0 aliphatic heterocycles. The number of carbonyl (C=O) groups excluding carboxylic acids is 2. The topological polar surface area (TPSA) is 95.3 Å². The molecule has 8 nitrogen and oxygen atoms in total. The molecule has 192 valence electrons. The Morgan fingerprint density at radius 2 is 1.97 bits per heavy atom. The van der Waals surface area contributed by atoms with E-state index in [0.29, 0.717) is 34.7 Å². The van der Waals surface area contributed by atoms with Crippen LogP contribution in [0.5, 0.6) is 5.75 Å². The molecule has 1 aromatic carbocycles. The van der Waals surface area contributed by atoms with Gasteiger partial charge in [-0.05, 0) is 63.6 Å². The minimum Gasteiger partial charge on any atom is -0.485 e. The van der Waals surface area contributed by atoms with E-state index in [-0.39, 0.29) is 11.7 Å². The molecule has 10 heteroatoms. The first kappa shape index (κ1) is 26.2. The lowest BCUT2D eigenvalue weighted by Gasteiger charge is -2.11. The normalized spacial score (nSPS) is 13.1. The molecule has 0 bridgehead atoms. The zero-order valence-electron chi connectivity index (χ0n) is 21.2. The molecule has 1 aliphatic rings. The van der Waals surface area contributed by atoms with Gasteiger partial charge in [0.05, 0.1) is 18.4 Å². The fourth-order valence-corrected chi connectivity index (χ4v) is 6.51. The van der Waals surface area contributed by atoms with Gasteiger partial charge < -0.3 is 19.4 Å². The fourth-order valence-electron chi connectivity index (χ4n) is 4.40. The Kier molecular flexibility index (Phi) is 8.68. The van der Waals surface area contributed by atoms with Crippen LogP contribution in [0.2, 0.25) is 0 Å². The van der Waals surface area contributed by atoms with Crippen LogP contribution in [0.1, 0.15) is 63.9 Å². The Morgan fingerprint density at radius 1 is 1.17 bits per heavy atom. The zero-order chi connectivity index (χ0) is 25.7. The van der Waals surface area contributed by atoms with Crippen molar-refractivity contribution in [2.75, 3.05) is 18.2 Å². The summed E-state index contributed by atoms with van der Waals surface area (Å²) >= 11 is 2.81. The van der Waals surface area contributed by atoms with Crippen molar-refractivity contribution in [3.63, 3.8) is 0 Å². The number of rotatable bonds is 9. The molecule has 0 spiro atoms. The van der Waals surface area contributed by atoms with E-state index in [1.54, 1.807) is 0 Å². The third-order valence-electron chi connectivity index (χ3n) is 6.19. The van der Waals surface area contributed by atoms with E-state index < -0.39 is 5.97 Å². The van der Waals surface area contributed by atoms with Gasteiger partial charge >= 0.3 is 5.97 Å². The van der Waals surface area contributed by atoms with E-state index in [1.807, 2.05) is 37.5 Å². The second kappa shape index (κ2) is 11.9. The van der Waals surface area contributed by atoms with Crippen molar-refractivity contribution in [1.29, 1.82) is 0 Å². The van der Waals surface area contributed by atoms with Crippen LogP contribution in [0.4, 0.5) is 5.00 Å². The number of nitrogens with one attached hydrogen (secondary N) is 1. The van der Waals surface area contributed by atoms with Crippen LogP contribution in [-0.4, -0.2) is 39.5 Å². The van der Waals surface area contributed by atoms with Crippen molar-refractivity contribution in [2.45, 2.75) is 71.2 Å². The standard InChI is InChI=1S/C26H32N4O4S2/c1-5-30-21(14-34-19-12-11-16(2)13-17(19)3)28-29-26(30)35-15-22(31)27-24-23(25(32)33-4)18-9-7-6-8-10-20(18)36-24/h11-13H,5-10,14-15H2,1-4H3,(H,27,31). The minimum atomic E-state index is -0.392. The molecule has 0 atom stereocenters. The van der Waals surface area contributed by atoms with E-state index in [1.165, 1.54) is 40.6 Å². The maximum Gasteiger partial charge on any atom is 0.341 e. The number of amides is 1. The number of aryl methyl sites for hydroxylation is 3. The monoisotopic (exact) mass is 528 g/mol. The van der Waals surface area contributed by atoms with Gasteiger partial charge in [0.25, 0.3) is 0 Å². The lowest BCUT2D eigenvalue weighted by Crippen LogP contribution is -2.17. The highest BCUT2D eigenvalue weighted by Crippen LogP contribution is 2.38. The third-order valence-corrected chi connectivity index (χ3v) is 8.37. The molecule has 4 rings (SSSR count). The summed E-state index contributed by atoms with van der Waals surface area (Å²) in [6.45, 7) is 7.03. The van der Waals surface area contributed by atoms with Gasteiger partial charge in [0, 0.05) is 11.4 Å². The van der Waals surface area contributed by atoms with Gasteiger partial charge in [-0.2, -0.15) is 0 Å². The Bertz CT molecular complexity index is 1250. The first-order valence-electron chi connectivity index (χ1n) is 12.2. The van der Waals surface area contributed by atoms with E-state index in [2.05, 4.69) is 21.6 Å². The summed E-state index contributed by atoms with van der Waals surface area (Å²) in [4.78, 5) is 26.6. The number of thiophene rings is 1. The van der Waals surface area contributed by atoms with Crippen molar-refractivity contribution in [3.8, 4) is 5.75 Å². The molecule has 1 aliphatic carbocycles. The molecule has 0 unspecified atom stereocenters. The number of carbonyl (C=O) groups is 2. The van der Waals surface area contributed by atoms with Crippen LogP contribution < -0.4 is 10.1 Å². The van der Waals surface area contributed by atoms with E-state index in [9.17, 15) is 9.59 Å². The summed E-state index contributed by atoms with van der Waals surface area (Å²) in [5.41, 5.74) is 3.80. The number of nitrogens with zero attached hydrogens (tertiary/aromatic N) is 3. The van der Waals surface area contributed by atoms with Crippen molar-refractivity contribution in [2.24, 2.45) is 0 Å². The molecule has 36 heavy (non-hydrogen) atoms. The number of esters is 1. The average molecular weight is 529 g/mol. The van der Waals surface area contributed by atoms with Crippen molar-refractivity contribution < 1.29 is 19.1 Å². The Morgan fingerprint density at radius 3 is 2.72 bits per heavy atom. The summed E-state index contributed by atoms with van der Waals surface area (Å²) < 4.78 is 13.0. The van der Waals surface area contributed by atoms with E-state index in [0.717, 1.165) is 49.0 Å². The maximum atomic E-state index is 12.9. The number of fused-ring (bicyclic) bond motifs is 1. The second-order valence-corrected chi connectivity index (χ2v) is 10.8. The Balaban J connectivity index is 1.41. The second-order valence-electron chi connectivity index (χ2n) is 8.80. The van der Waals surface area contributed by atoms with Gasteiger partial charge in [-0.15, -0.1) is 21.5 Å². The summed E-state index contributed by atoms with van der Waals surface area (Å²) in [6, 6.07) is 6.06. The number of ether oxygens (including phenoxy) is 2. The average Bonchev–Trinajstić information content (AvgIpc) is 3.33. The lowest BCUT2D eigenvalue weighted by molar-refractivity contribution is -0.113. The number of thioether (sulfide) groups is 1. The number of aromatic nitrogens is 3. The number of hydrogen-bond acceptors (Lipinski definition) is 8. The first-order chi connectivity index (χ1) is 17.4. The number of methoxy groups -OCH3 is 1. The molecular formula is C26H32N4O4S2. The summed E-state index contributed by atoms with van der Waals surface area (Å²) in [5, 5.41) is 12.8. The first-order valence-corrected chi connectivity index (χ1v) is 14.0. The molecule has 1 amide bonds. The number of anilines is 1. The van der Waals surface area contributed by atoms with E-state index in [4.69, 9.17) is 9.47 Å². The Hall–Kier alpha value is -2.85. The minimum absolute atomic E-state index is 0.152. The van der Waals surface area contributed by atoms with Gasteiger partial charge in [0.2, 0.25) is 5.91 Å². The van der Waals surface area contributed by atoms with Gasteiger partial charge in [-0.25, -0.2) is 4.79 Å². The molecule has 2 aromatic heterocycles. The predicted octanol–water partition coefficient (Wildman–Crippen LogP) is 5.34. The van der Waals surface area contributed by atoms with Crippen LogP contribution in [0, 0.1) is 13.8 Å². The van der Waals surface area contributed by atoms with Gasteiger partial charge in [-0.1, -0.05) is 35.9 Å². The highest BCUT2D eigenvalue weighted by atomic mass is 32.2. The molecule has 0 radical (unpaired) electrons. The Labute approximate surface area is 219 Å². The van der Waals surface area contributed by atoms with Crippen LogP contribution in [-0.2, 0) is 35.5 Å². The predicted molar refractivity (Wildman–Crippen MR) is 142 cm³/mol. The molecular weight excluding hydrogens is 496 g/mol. The van der Waals surface area contributed by atoms with Crippen molar-refractivity contribution in [1.82, 2.24) is 14.8 Å². The zero-order valence-corrected chi connectivity index (χ0v) is 22.8. The fraction of sp³-hybridized carbons (Fsp3) is 0.462. The molecule has 2 heterocycles. The highest BCUT2D eigenvalue weighted by molar-refractivity contribution is 7.99. The third kappa shape index (κ3) is 5.92. The van der Waals surface area contributed by atoms with Crippen LogP contribution in [0.25, 0.3) is 0 Å². The summed E-state index contributed by atoms with van der Waals surface area (Å²) in [5.74, 6) is 1.09. The molecule has 3 aromatic rings. The van der Waals surface area contributed by atoms with Crippen LogP contribution >= 0.6 is 23.1 Å². The largest absolute Gasteiger partial charge is 0.485 e. The van der Waals surface area contributed by atoms with Gasteiger partial charge in [0.1, 0.15) is 17.4 Å². The highest BCUT2D eigenvalue weighted by Gasteiger charge is 2.26. The SMILES string of the molecule is CCn1c(COc2ccc(C)cc2C)nnc1SCC(=O)Nc1sc2c(c1C(=O)OC)CCCCC2. The molecule has 0 saturated heterocycles. The van der Waals surface area contributed by atoms with Crippen molar-refractivity contribution in [3.05, 3.63) is 51.2 Å².